The Labute approximate surface area is 187 Å². The number of anilines is 2. The highest BCUT2D eigenvalue weighted by Crippen LogP contribution is 2.34. The van der Waals surface area contributed by atoms with Crippen LogP contribution in [0.5, 0.6) is 0 Å². The molecule has 0 amide bonds. The summed E-state index contributed by atoms with van der Waals surface area (Å²) in [5.74, 6) is 0. The third kappa shape index (κ3) is 4.28. The van der Waals surface area contributed by atoms with Crippen molar-refractivity contribution in [2.24, 2.45) is 0 Å². The van der Waals surface area contributed by atoms with E-state index in [-0.39, 0.29) is 20.5 Å². The zero-order valence-corrected chi connectivity index (χ0v) is 19.1. The molecule has 0 fully saturated rings. The number of rotatable bonds is 5. The molecule has 9 heteroatoms. The third-order valence-electron chi connectivity index (χ3n) is 5.17. The van der Waals surface area contributed by atoms with E-state index in [1.165, 1.54) is 34.6 Å². The second-order valence-electron chi connectivity index (χ2n) is 7.37. The molecule has 0 saturated heterocycles. The van der Waals surface area contributed by atoms with Gasteiger partial charge < -0.3 is 0 Å². The summed E-state index contributed by atoms with van der Waals surface area (Å²) in [5.41, 5.74) is 2.54. The molecule has 4 rings (SSSR count). The number of halogens is 1. The van der Waals surface area contributed by atoms with Crippen molar-refractivity contribution in [3.63, 3.8) is 0 Å². The van der Waals surface area contributed by atoms with Gasteiger partial charge in [-0.15, -0.1) is 0 Å². The van der Waals surface area contributed by atoms with Crippen LogP contribution in [-0.4, -0.2) is 23.4 Å². The Morgan fingerprint density at radius 3 is 2.32 bits per heavy atom. The largest absolute Gasteiger partial charge is 0.278 e. The van der Waals surface area contributed by atoms with Crippen LogP contribution in [0.4, 0.5) is 11.4 Å². The van der Waals surface area contributed by atoms with E-state index in [0.29, 0.717) is 18.7 Å². The van der Waals surface area contributed by atoms with Crippen LogP contribution in [0.15, 0.2) is 76.5 Å². The fourth-order valence-corrected chi connectivity index (χ4v) is 6.40. The van der Waals surface area contributed by atoms with Crippen LogP contribution in [0.2, 0.25) is 5.02 Å². The number of nitrogens with one attached hydrogen (secondary N) is 1. The monoisotopic (exact) mass is 476 g/mol. The maximum absolute atomic E-state index is 13.4. The first kappa shape index (κ1) is 21.7. The summed E-state index contributed by atoms with van der Waals surface area (Å²) < 4.78 is 56.1. The summed E-state index contributed by atoms with van der Waals surface area (Å²) in [4.78, 5) is 0.0302. The van der Waals surface area contributed by atoms with E-state index in [9.17, 15) is 16.8 Å². The minimum atomic E-state index is -3.93. The summed E-state index contributed by atoms with van der Waals surface area (Å²) in [6, 6.07) is 17.8. The zero-order chi connectivity index (χ0) is 22.2. The van der Waals surface area contributed by atoms with Gasteiger partial charge in [-0.05, 0) is 61.7 Å². The van der Waals surface area contributed by atoms with Gasteiger partial charge in [-0.2, -0.15) is 0 Å². The van der Waals surface area contributed by atoms with E-state index in [1.54, 1.807) is 24.3 Å². The number of benzene rings is 3. The molecular formula is C22H21ClN2O4S2. The van der Waals surface area contributed by atoms with Crippen molar-refractivity contribution in [3.8, 4) is 0 Å². The van der Waals surface area contributed by atoms with Gasteiger partial charge in [-0.3, -0.25) is 9.03 Å². The summed E-state index contributed by atoms with van der Waals surface area (Å²) in [6.45, 7) is 2.21. The Morgan fingerprint density at radius 2 is 1.58 bits per heavy atom. The molecule has 0 aromatic heterocycles. The lowest BCUT2D eigenvalue weighted by Gasteiger charge is -2.30. The maximum Gasteiger partial charge on any atom is 0.264 e. The van der Waals surface area contributed by atoms with Crippen molar-refractivity contribution < 1.29 is 16.8 Å². The molecule has 0 atom stereocenters. The number of fused-ring (bicyclic) bond motifs is 1. The molecule has 1 aliphatic heterocycles. The van der Waals surface area contributed by atoms with E-state index in [0.717, 1.165) is 17.5 Å². The van der Waals surface area contributed by atoms with Crippen molar-refractivity contribution in [3.05, 3.63) is 82.9 Å². The highest BCUT2D eigenvalue weighted by molar-refractivity contribution is 7.93. The molecule has 3 aromatic rings. The van der Waals surface area contributed by atoms with Crippen LogP contribution in [-0.2, 0) is 26.5 Å². The molecule has 6 nitrogen and oxygen atoms in total. The minimum absolute atomic E-state index is 0.00797. The SMILES string of the molecule is Cc1ccc(S(=O)(=O)Nc2cc(S(=O)(=O)N3CCCc4ccccc43)ccc2Cl)cc1. The molecule has 0 bridgehead atoms. The third-order valence-corrected chi connectivity index (χ3v) is 8.69. The van der Waals surface area contributed by atoms with Crippen LogP contribution in [0.1, 0.15) is 17.5 Å². The maximum atomic E-state index is 13.4. The average molecular weight is 477 g/mol. The molecular weight excluding hydrogens is 456 g/mol. The molecule has 162 valence electrons. The first-order valence-electron chi connectivity index (χ1n) is 9.68. The number of nitrogens with zero attached hydrogens (tertiary/aromatic N) is 1. The van der Waals surface area contributed by atoms with Gasteiger partial charge >= 0.3 is 0 Å². The zero-order valence-electron chi connectivity index (χ0n) is 16.7. The lowest BCUT2D eigenvalue weighted by atomic mass is 10.0. The Kier molecular flexibility index (Phi) is 5.72. The van der Waals surface area contributed by atoms with Crippen LogP contribution in [0, 0.1) is 6.92 Å². The Morgan fingerprint density at radius 1 is 0.903 bits per heavy atom. The Hall–Kier alpha value is -2.55. The van der Waals surface area contributed by atoms with Gasteiger partial charge in [0.2, 0.25) is 0 Å². The summed E-state index contributed by atoms with van der Waals surface area (Å²) in [6.07, 6.45) is 1.52. The topological polar surface area (TPSA) is 83.5 Å². The quantitative estimate of drug-likeness (QED) is 0.583. The van der Waals surface area contributed by atoms with Gasteiger partial charge in [-0.25, -0.2) is 16.8 Å². The lowest BCUT2D eigenvalue weighted by Crippen LogP contribution is -2.35. The van der Waals surface area contributed by atoms with Crippen molar-refractivity contribution in [2.45, 2.75) is 29.6 Å². The smallest absolute Gasteiger partial charge is 0.264 e. The van der Waals surface area contributed by atoms with E-state index in [2.05, 4.69) is 4.72 Å². The second-order valence-corrected chi connectivity index (χ2v) is 11.3. The van der Waals surface area contributed by atoms with E-state index >= 15 is 0 Å². The van der Waals surface area contributed by atoms with E-state index in [4.69, 9.17) is 11.6 Å². The molecule has 0 spiro atoms. The normalized spacial score (nSPS) is 14.2. The fraction of sp³-hybridized carbons (Fsp3) is 0.182. The fourth-order valence-electron chi connectivity index (χ4n) is 3.54. The van der Waals surface area contributed by atoms with Crippen molar-refractivity contribution >= 4 is 43.0 Å². The lowest BCUT2D eigenvalue weighted by molar-refractivity contribution is 0.586. The van der Waals surface area contributed by atoms with Crippen molar-refractivity contribution in [1.29, 1.82) is 0 Å². The molecule has 1 N–H and O–H groups in total. The molecule has 0 unspecified atom stereocenters. The Bertz CT molecular complexity index is 1340. The first-order chi connectivity index (χ1) is 14.7. The number of hydrogen-bond donors (Lipinski definition) is 1. The molecule has 0 saturated carbocycles. The molecule has 0 radical (unpaired) electrons. The molecule has 1 aliphatic rings. The predicted octanol–water partition coefficient (Wildman–Crippen LogP) is 4.59. The Balaban J connectivity index is 1.71. The van der Waals surface area contributed by atoms with Gasteiger partial charge in [-0.1, -0.05) is 47.5 Å². The standard InChI is InChI=1S/C22H21ClN2O4S2/c1-16-8-10-18(11-9-16)30(26,27)24-21-15-19(12-13-20(21)23)31(28,29)25-14-4-6-17-5-2-3-7-22(17)25/h2-3,5,7-13,15,24H,4,6,14H2,1H3. The van der Waals surface area contributed by atoms with Gasteiger partial charge in [0.1, 0.15) is 0 Å². The first-order valence-corrected chi connectivity index (χ1v) is 13.0. The highest BCUT2D eigenvalue weighted by atomic mass is 35.5. The van der Waals surface area contributed by atoms with E-state index in [1.807, 2.05) is 19.1 Å². The van der Waals surface area contributed by atoms with Gasteiger partial charge in [0.15, 0.2) is 0 Å². The summed E-state index contributed by atoms with van der Waals surface area (Å²) in [5, 5.41) is 0.105. The number of para-hydroxylation sites is 1. The predicted molar refractivity (Wildman–Crippen MR) is 123 cm³/mol. The van der Waals surface area contributed by atoms with Crippen LogP contribution in [0.3, 0.4) is 0 Å². The molecule has 31 heavy (non-hydrogen) atoms. The van der Waals surface area contributed by atoms with Crippen molar-refractivity contribution in [2.75, 3.05) is 15.6 Å². The van der Waals surface area contributed by atoms with Crippen LogP contribution >= 0.6 is 11.6 Å². The van der Waals surface area contributed by atoms with Crippen molar-refractivity contribution in [1.82, 2.24) is 0 Å². The molecule has 0 aliphatic carbocycles. The number of hydrogen-bond acceptors (Lipinski definition) is 4. The van der Waals surface area contributed by atoms with E-state index < -0.39 is 20.0 Å². The second kappa shape index (κ2) is 8.18. The molecule has 1 heterocycles. The summed E-state index contributed by atoms with van der Waals surface area (Å²) >= 11 is 6.20. The average Bonchev–Trinajstić information content (AvgIpc) is 2.75. The minimum Gasteiger partial charge on any atom is -0.278 e. The van der Waals surface area contributed by atoms with Crippen LogP contribution in [0.25, 0.3) is 0 Å². The number of sulfonamides is 2. The summed E-state index contributed by atoms with van der Waals surface area (Å²) in [7, 11) is -7.83. The van der Waals surface area contributed by atoms with Gasteiger partial charge in [0.05, 0.1) is 26.2 Å². The molecule has 3 aromatic carbocycles. The highest BCUT2D eigenvalue weighted by Gasteiger charge is 2.29. The number of aryl methyl sites for hydroxylation is 2. The van der Waals surface area contributed by atoms with Gasteiger partial charge in [0, 0.05) is 6.54 Å². The van der Waals surface area contributed by atoms with Crippen LogP contribution < -0.4 is 9.03 Å². The van der Waals surface area contributed by atoms with Gasteiger partial charge in [0.25, 0.3) is 20.0 Å².